The molecule has 0 aliphatic rings. The standard InChI is InChI=1S/C18H23N3O2/c19-18(23)16-7-4-11-21-17(16)10-12-20-13-15(22)9-8-14-5-2-1-3-6-14/h1-7,11,15,20,22H,8-10,12-13H2,(H2,19,23)/t15-/m1/s1. The Morgan fingerprint density at radius 1 is 1.17 bits per heavy atom. The average molecular weight is 313 g/mol. The van der Waals surface area contributed by atoms with Crippen molar-refractivity contribution < 1.29 is 9.90 Å². The summed E-state index contributed by atoms with van der Waals surface area (Å²) in [6.45, 7) is 1.16. The molecular formula is C18H23N3O2. The summed E-state index contributed by atoms with van der Waals surface area (Å²) in [5.74, 6) is -0.462. The first-order chi connectivity index (χ1) is 11.2. The van der Waals surface area contributed by atoms with Gasteiger partial charge in [-0.2, -0.15) is 0 Å². The van der Waals surface area contributed by atoms with Crippen LogP contribution in [0.2, 0.25) is 0 Å². The molecule has 0 aliphatic heterocycles. The van der Waals surface area contributed by atoms with Crippen molar-refractivity contribution in [2.45, 2.75) is 25.4 Å². The van der Waals surface area contributed by atoms with E-state index in [4.69, 9.17) is 5.73 Å². The third-order valence-electron chi connectivity index (χ3n) is 3.68. The number of nitrogens with one attached hydrogen (secondary N) is 1. The van der Waals surface area contributed by atoms with Gasteiger partial charge in [0.05, 0.1) is 17.4 Å². The molecule has 0 radical (unpaired) electrons. The fourth-order valence-electron chi connectivity index (χ4n) is 2.42. The van der Waals surface area contributed by atoms with Crippen LogP contribution in [0.25, 0.3) is 0 Å². The Balaban J connectivity index is 1.68. The monoisotopic (exact) mass is 313 g/mol. The Kier molecular flexibility index (Phi) is 6.72. The number of benzene rings is 1. The minimum atomic E-state index is -0.462. The number of rotatable bonds is 9. The van der Waals surface area contributed by atoms with Crippen molar-refractivity contribution >= 4 is 5.91 Å². The van der Waals surface area contributed by atoms with Crippen LogP contribution >= 0.6 is 0 Å². The quantitative estimate of drug-likeness (QED) is 0.609. The number of nitrogens with zero attached hydrogens (tertiary/aromatic N) is 1. The third kappa shape index (κ3) is 5.81. The molecular weight excluding hydrogens is 290 g/mol. The molecule has 23 heavy (non-hydrogen) atoms. The predicted octanol–water partition coefficient (Wildman–Crippen LogP) is 1.31. The molecule has 5 nitrogen and oxygen atoms in total. The van der Waals surface area contributed by atoms with Crippen molar-refractivity contribution in [3.8, 4) is 0 Å². The maximum absolute atomic E-state index is 11.3. The summed E-state index contributed by atoms with van der Waals surface area (Å²) in [7, 11) is 0. The first-order valence-electron chi connectivity index (χ1n) is 7.83. The molecule has 2 aromatic rings. The Hall–Kier alpha value is -2.24. The smallest absolute Gasteiger partial charge is 0.250 e. The van der Waals surface area contributed by atoms with E-state index in [0.717, 1.165) is 6.42 Å². The Bertz CT molecular complexity index is 617. The normalized spacial score (nSPS) is 12.0. The number of amides is 1. The lowest BCUT2D eigenvalue weighted by atomic mass is 10.1. The maximum atomic E-state index is 11.3. The minimum Gasteiger partial charge on any atom is -0.392 e. The molecule has 1 aromatic heterocycles. The summed E-state index contributed by atoms with van der Waals surface area (Å²) >= 11 is 0. The van der Waals surface area contributed by atoms with Crippen molar-refractivity contribution in [1.29, 1.82) is 0 Å². The van der Waals surface area contributed by atoms with E-state index in [1.165, 1.54) is 5.56 Å². The summed E-state index contributed by atoms with van der Waals surface area (Å²) in [6.07, 6.45) is 3.43. The van der Waals surface area contributed by atoms with Gasteiger partial charge >= 0.3 is 0 Å². The van der Waals surface area contributed by atoms with Gasteiger partial charge in [0.1, 0.15) is 0 Å². The van der Waals surface area contributed by atoms with Crippen LogP contribution in [0.1, 0.15) is 28.0 Å². The molecule has 0 saturated carbocycles. The number of carbonyl (C=O) groups is 1. The van der Waals surface area contributed by atoms with Crippen LogP contribution in [-0.2, 0) is 12.8 Å². The Morgan fingerprint density at radius 2 is 1.96 bits per heavy atom. The maximum Gasteiger partial charge on any atom is 0.250 e. The second-order valence-electron chi connectivity index (χ2n) is 5.49. The first-order valence-corrected chi connectivity index (χ1v) is 7.83. The molecule has 1 atom stereocenters. The van der Waals surface area contributed by atoms with Crippen LogP contribution in [0, 0.1) is 0 Å². The molecule has 5 heteroatoms. The number of hydrogen-bond donors (Lipinski definition) is 3. The molecule has 1 aromatic carbocycles. The van der Waals surface area contributed by atoms with Gasteiger partial charge in [0, 0.05) is 25.7 Å². The van der Waals surface area contributed by atoms with Gasteiger partial charge in [0.15, 0.2) is 0 Å². The molecule has 2 rings (SSSR count). The van der Waals surface area contributed by atoms with Crippen LogP contribution in [-0.4, -0.2) is 35.2 Å². The lowest BCUT2D eigenvalue weighted by molar-refractivity contribution is 0.0999. The highest BCUT2D eigenvalue weighted by Crippen LogP contribution is 2.06. The van der Waals surface area contributed by atoms with Crippen molar-refractivity contribution in [1.82, 2.24) is 10.3 Å². The summed E-state index contributed by atoms with van der Waals surface area (Å²) in [4.78, 5) is 15.5. The molecule has 0 bridgehead atoms. The van der Waals surface area contributed by atoms with Gasteiger partial charge in [-0.1, -0.05) is 30.3 Å². The zero-order chi connectivity index (χ0) is 16.5. The minimum absolute atomic E-state index is 0.394. The molecule has 0 aliphatic carbocycles. The highest BCUT2D eigenvalue weighted by atomic mass is 16.3. The fraction of sp³-hybridized carbons (Fsp3) is 0.333. The summed E-state index contributed by atoms with van der Waals surface area (Å²) in [6, 6.07) is 13.5. The van der Waals surface area contributed by atoms with E-state index < -0.39 is 12.0 Å². The molecule has 122 valence electrons. The van der Waals surface area contributed by atoms with Gasteiger partial charge in [-0.3, -0.25) is 9.78 Å². The highest BCUT2D eigenvalue weighted by molar-refractivity contribution is 5.93. The predicted molar refractivity (Wildman–Crippen MR) is 90.1 cm³/mol. The summed E-state index contributed by atoms with van der Waals surface area (Å²) in [5.41, 5.74) is 7.69. The number of aromatic nitrogens is 1. The molecule has 0 unspecified atom stereocenters. The van der Waals surface area contributed by atoms with Crippen molar-refractivity contribution in [2.24, 2.45) is 5.73 Å². The van der Waals surface area contributed by atoms with E-state index in [0.29, 0.717) is 37.2 Å². The van der Waals surface area contributed by atoms with Crippen LogP contribution in [0.4, 0.5) is 0 Å². The van der Waals surface area contributed by atoms with E-state index in [1.807, 2.05) is 18.2 Å². The molecule has 0 spiro atoms. The number of hydrogen-bond acceptors (Lipinski definition) is 4. The van der Waals surface area contributed by atoms with Gasteiger partial charge in [-0.25, -0.2) is 0 Å². The number of primary amides is 1. The molecule has 0 fully saturated rings. The zero-order valence-corrected chi connectivity index (χ0v) is 13.1. The second kappa shape index (κ2) is 9.02. The Morgan fingerprint density at radius 3 is 2.70 bits per heavy atom. The fourth-order valence-corrected chi connectivity index (χ4v) is 2.42. The largest absolute Gasteiger partial charge is 0.392 e. The number of carbonyl (C=O) groups excluding carboxylic acids is 1. The number of aryl methyl sites for hydroxylation is 1. The third-order valence-corrected chi connectivity index (χ3v) is 3.68. The lowest BCUT2D eigenvalue weighted by Crippen LogP contribution is -2.29. The van der Waals surface area contributed by atoms with Gasteiger partial charge in [-0.15, -0.1) is 0 Å². The van der Waals surface area contributed by atoms with E-state index in [-0.39, 0.29) is 0 Å². The number of pyridine rings is 1. The van der Waals surface area contributed by atoms with Gasteiger partial charge in [0.25, 0.3) is 5.91 Å². The zero-order valence-electron chi connectivity index (χ0n) is 13.1. The highest BCUT2D eigenvalue weighted by Gasteiger charge is 2.09. The topological polar surface area (TPSA) is 88.2 Å². The summed E-state index contributed by atoms with van der Waals surface area (Å²) < 4.78 is 0. The van der Waals surface area contributed by atoms with Crippen LogP contribution < -0.4 is 11.1 Å². The molecule has 0 saturated heterocycles. The summed E-state index contributed by atoms with van der Waals surface area (Å²) in [5, 5.41) is 13.2. The first kappa shape index (κ1) is 17.1. The SMILES string of the molecule is NC(=O)c1cccnc1CCNC[C@H](O)CCc1ccccc1. The number of aliphatic hydroxyl groups excluding tert-OH is 1. The second-order valence-corrected chi connectivity index (χ2v) is 5.49. The Labute approximate surface area is 136 Å². The van der Waals surface area contributed by atoms with E-state index in [9.17, 15) is 9.90 Å². The van der Waals surface area contributed by atoms with E-state index >= 15 is 0 Å². The van der Waals surface area contributed by atoms with Gasteiger partial charge < -0.3 is 16.2 Å². The van der Waals surface area contributed by atoms with Crippen LogP contribution in [0.3, 0.4) is 0 Å². The van der Waals surface area contributed by atoms with Gasteiger partial charge in [-0.05, 0) is 30.5 Å². The number of nitrogens with two attached hydrogens (primary N) is 1. The van der Waals surface area contributed by atoms with Crippen molar-refractivity contribution in [3.05, 3.63) is 65.5 Å². The number of aliphatic hydroxyl groups is 1. The van der Waals surface area contributed by atoms with E-state index in [1.54, 1.807) is 18.3 Å². The molecule has 1 amide bonds. The lowest BCUT2D eigenvalue weighted by Gasteiger charge is -2.12. The molecule has 4 N–H and O–H groups in total. The van der Waals surface area contributed by atoms with Crippen molar-refractivity contribution in [3.63, 3.8) is 0 Å². The van der Waals surface area contributed by atoms with Crippen molar-refractivity contribution in [2.75, 3.05) is 13.1 Å². The molecule has 1 heterocycles. The van der Waals surface area contributed by atoms with Crippen LogP contribution in [0.5, 0.6) is 0 Å². The van der Waals surface area contributed by atoms with Gasteiger partial charge in [0.2, 0.25) is 0 Å². The average Bonchev–Trinajstić information content (AvgIpc) is 2.58. The van der Waals surface area contributed by atoms with E-state index in [2.05, 4.69) is 22.4 Å². The van der Waals surface area contributed by atoms with Crippen LogP contribution in [0.15, 0.2) is 48.7 Å².